The van der Waals surface area contributed by atoms with Crippen molar-refractivity contribution in [2.24, 2.45) is 0 Å². The van der Waals surface area contributed by atoms with Crippen LogP contribution in [0.4, 0.5) is 4.39 Å². The Kier molecular flexibility index (Phi) is 4.71. The Morgan fingerprint density at radius 1 is 1.25 bits per heavy atom. The quantitative estimate of drug-likeness (QED) is 0.503. The van der Waals surface area contributed by atoms with Crippen molar-refractivity contribution in [1.29, 1.82) is 0 Å². The van der Waals surface area contributed by atoms with Gasteiger partial charge in [-0.3, -0.25) is 0 Å². The van der Waals surface area contributed by atoms with Gasteiger partial charge in [0.1, 0.15) is 5.82 Å². The van der Waals surface area contributed by atoms with Gasteiger partial charge in [0.2, 0.25) is 0 Å². The highest BCUT2D eigenvalue weighted by molar-refractivity contribution is 5.73. The number of allylic oxidation sites excluding steroid dienone is 5. The van der Waals surface area contributed by atoms with Gasteiger partial charge in [0, 0.05) is 5.56 Å². The standard InChI is InChI=1S/C15H17F/c1-4-13(9-7-8-12(2)3)14-10-5-6-11-15(14)16/h4-6,8-11H,1,7H2,2-3H3/b13-9+. The van der Waals surface area contributed by atoms with E-state index in [1.807, 2.05) is 26.0 Å². The zero-order valence-electron chi connectivity index (χ0n) is 9.83. The molecular weight excluding hydrogens is 199 g/mol. The van der Waals surface area contributed by atoms with Crippen LogP contribution in [0.2, 0.25) is 0 Å². The lowest BCUT2D eigenvalue weighted by molar-refractivity contribution is 0.624. The van der Waals surface area contributed by atoms with E-state index in [0.29, 0.717) is 5.56 Å². The molecule has 0 radical (unpaired) electrons. The van der Waals surface area contributed by atoms with Gasteiger partial charge in [0.15, 0.2) is 0 Å². The molecular formula is C15H17F. The van der Waals surface area contributed by atoms with E-state index >= 15 is 0 Å². The molecule has 0 spiro atoms. The minimum atomic E-state index is -0.203. The van der Waals surface area contributed by atoms with E-state index in [-0.39, 0.29) is 5.82 Å². The maximum absolute atomic E-state index is 13.5. The lowest BCUT2D eigenvalue weighted by Gasteiger charge is -2.03. The molecule has 0 saturated heterocycles. The predicted molar refractivity (Wildman–Crippen MR) is 68.6 cm³/mol. The summed E-state index contributed by atoms with van der Waals surface area (Å²) in [6.07, 6.45) is 6.58. The van der Waals surface area contributed by atoms with Crippen LogP contribution in [0.25, 0.3) is 5.57 Å². The van der Waals surface area contributed by atoms with Crippen LogP contribution in [0.5, 0.6) is 0 Å². The zero-order chi connectivity index (χ0) is 12.0. The van der Waals surface area contributed by atoms with Gasteiger partial charge in [-0.05, 0) is 31.9 Å². The summed E-state index contributed by atoms with van der Waals surface area (Å²) in [5, 5.41) is 0. The average Bonchev–Trinajstić information content (AvgIpc) is 2.25. The maximum Gasteiger partial charge on any atom is 0.131 e. The summed E-state index contributed by atoms with van der Waals surface area (Å²) in [7, 11) is 0. The second-order valence-electron chi connectivity index (χ2n) is 3.86. The molecule has 0 bridgehead atoms. The fourth-order valence-corrected chi connectivity index (χ4v) is 1.42. The normalized spacial score (nSPS) is 11.1. The SMILES string of the molecule is C=C/C(=C\CC=C(C)C)c1ccccc1F. The summed E-state index contributed by atoms with van der Waals surface area (Å²) >= 11 is 0. The van der Waals surface area contributed by atoms with Gasteiger partial charge in [-0.25, -0.2) is 4.39 Å². The summed E-state index contributed by atoms with van der Waals surface area (Å²) in [6, 6.07) is 6.76. The number of rotatable bonds is 4. The lowest BCUT2D eigenvalue weighted by Crippen LogP contribution is -1.86. The molecule has 84 valence electrons. The van der Waals surface area contributed by atoms with E-state index in [1.54, 1.807) is 18.2 Å². The van der Waals surface area contributed by atoms with Gasteiger partial charge >= 0.3 is 0 Å². The molecule has 16 heavy (non-hydrogen) atoms. The van der Waals surface area contributed by atoms with Gasteiger partial charge in [-0.15, -0.1) is 0 Å². The van der Waals surface area contributed by atoms with Crippen LogP contribution in [0.15, 0.2) is 54.6 Å². The molecule has 0 amide bonds. The first-order valence-electron chi connectivity index (χ1n) is 5.36. The number of benzene rings is 1. The van der Waals surface area contributed by atoms with Crippen LogP contribution in [-0.2, 0) is 0 Å². The average molecular weight is 216 g/mol. The fraction of sp³-hybridized carbons (Fsp3) is 0.200. The first-order valence-corrected chi connectivity index (χ1v) is 5.36. The Morgan fingerprint density at radius 2 is 1.94 bits per heavy atom. The van der Waals surface area contributed by atoms with Crippen molar-refractivity contribution in [2.45, 2.75) is 20.3 Å². The second-order valence-corrected chi connectivity index (χ2v) is 3.86. The molecule has 0 fully saturated rings. The first kappa shape index (κ1) is 12.4. The minimum Gasteiger partial charge on any atom is -0.206 e. The summed E-state index contributed by atoms with van der Waals surface area (Å²) in [5.74, 6) is -0.203. The van der Waals surface area contributed by atoms with Crippen LogP contribution < -0.4 is 0 Å². The molecule has 1 heteroatoms. The summed E-state index contributed by atoms with van der Waals surface area (Å²) in [5.41, 5.74) is 2.71. The molecule has 0 aromatic heterocycles. The van der Waals surface area contributed by atoms with Crippen molar-refractivity contribution in [3.8, 4) is 0 Å². The number of hydrogen-bond donors (Lipinski definition) is 0. The second kappa shape index (κ2) is 6.06. The van der Waals surface area contributed by atoms with E-state index in [9.17, 15) is 4.39 Å². The highest BCUT2D eigenvalue weighted by atomic mass is 19.1. The van der Waals surface area contributed by atoms with Crippen molar-refractivity contribution in [3.05, 3.63) is 66.0 Å². The van der Waals surface area contributed by atoms with Crippen molar-refractivity contribution in [1.82, 2.24) is 0 Å². The highest BCUT2D eigenvalue weighted by Crippen LogP contribution is 2.19. The third-order valence-corrected chi connectivity index (χ3v) is 2.27. The molecule has 0 aliphatic heterocycles. The summed E-state index contributed by atoms with van der Waals surface area (Å²) in [6.45, 7) is 7.81. The van der Waals surface area contributed by atoms with Crippen molar-refractivity contribution in [2.75, 3.05) is 0 Å². The Balaban J connectivity index is 2.95. The summed E-state index contributed by atoms with van der Waals surface area (Å²) in [4.78, 5) is 0. The highest BCUT2D eigenvalue weighted by Gasteiger charge is 2.02. The molecule has 0 saturated carbocycles. The molecule has 0 N–H and O–H groups in total. The van der Waals surface area contributed by atoms with E-state index in [4.69, 9.17) is 0 Å². The van der Waals surface area contributed by atoms with E-state index in [0.717, 1.165) is 12.0 Å². The topological polar surface area (TPSA) is 0 Å². The van der Waals surface area contributed by atoms with Crippen LogP contribution in [0, 0.1) is 5.82 Å². The third-order valence-electron chi connectivity index (χ3n) is 2.27. The molecule has 0 unspecified atom stereocenters. The molecule has 0 aliphatic carbocycles. The Hall–Kier alpha value is -1.63. The van der Waals surface area contributed by atoms with Crippen LogP contribution in [0.3, 0.4) is 0 Å². The van der Waals surface area contributed by atoms with Gasteiger partial charge in [0.05, 0.1) is 0 Å². The Morgan fingerprint density at radius 3 is 2.50 bits per heavy atom. The Labute approximate surface area is 96.8 Å². The largest absolute Gasteiger partial charge is 0.206 e. The van der Waals surface area contributed by atoms with Crippen molar-refractivity contribution < 1.29 is 4.39 Å². The third kappa shape index (κ3) is 3.50. The van der Waals surface area contributed by atoms with Crippen molar-refractivity contribution >= 4 is 5.57 Å². The van der Waals surface area contributed by atoms with Crippen LogP contribution in [-0.4, -0.2) is 0 Å². The Bertz CT molecular complexity index is 421. The van der Waals surface area contributed by atoms with Gasteiger partial charge < -0.3 is 0 Å². The molecule has 0 nitrogen and oxygen atoms in total. The van der Waals surface area contributed by atoms with Gasteiger partial charge in [-0.2, -0.15) is 0 Å². The van der Waals surface area contributed by atoms with Crippen molar-refractivity contribution in [3.63, 3.8) is 0 Å². The molecule has 0 aliphatic rings. The predicted octanol–water partition coefficient (Wildman–Crippen LogP) is 4.75. The lowest BCUT2D eigenvalue weighted by atomic mass is 10.0. The monoisotopic (exact) mass is 216 g/mol. The molecule has 0 atom stereocenters. The maximum atomic E-state index is 13.5. The molecule has 1 aromatic carbocycles. The van der Waals surface area contributed by atoms with Gasteiger partial charge in [-0.1, -0.05) is 48.6 Å². The number of hydrogen-bond acceptors (Lipinski definition) is 0. The summed E-state index contributed by atoms with van der Waals surface area (Å²) < 4.78 is 13.5. The van der Waals surface area contributed by atoms with Crippen LogP contribution in [0.1, 0.15) is 25.8 Å². The molecule has 1 rings (SSSR count). The fourth-order valence-electron chi connectivity index (χ4n) is 1.42. The van der Waals surface area contributed by atoms with Crippen LogP contribution >= 0.6 is 0 Å². The first-order chi connectivity index (χ1) is 7.65. The molecule has 1 aromatic rings. The van der Waals surface area contributed by atoms with E-state index in [1.165, 1.54) is 11.6 Å². The van der Waals surface area contributed by atoms with E-state index < -0.39 is 0 Å². The number of halogens is 1. The minimum absolute atomic E-state index is 0.203. The smallest absolute Gasteiger partial charge is 0.131 e. The van der Waals surface area contributed by atoms with E-state index in [2.05, 4.69) is 12.7 Å². The zero-order valence-corrected chi connectivity index (χ0v) is 9.83. The molecule has 0 heterocycles. The van der Waals surface area contributed by atoms with Gasteiger partial charge in [0.25, 0.3) is 0 Å².